The van der Waals surface area contributed by atoms with Crippen LogP contribution in [0.3, 0.4) is 0 Å². The molecule has 0 aromatic carbocycles. The highest BCUT2D eigenvalue weighted by molar-refractivity contribution is 6.31. The SMILES string of the molecule is Clc1cnc2[nH]c(C3CCCNC3)cc2c1. The van der Waals surface area contributed by atoms with Crippen LogP contribution in [0, 0.1) is 0 Å². The third kappa shape index (κ3) is 1.81. The summed E-state index contributed by atoms with van der Waals surface area (Å²) >= 11 is 5.92. The van der Waals surface area contributed by atoms with E-state index in [1.807, 2.05) is 6.07 Å². The zero-order valence-electron chi connectivity index (χ0n) is 8.96. The van der Waals surface area contributed by atoms with Crippen LogP contribution in [-0.2, 0) is 0 Å². The van der Waals surface area contributed by atoms with E-state index in [4.69, 9.17) is 11.6 Å². The molecule has 0 bridgehead atoms. The Hall–Kier alpha value is -1.06. The smallest absolute Gasteiger partial charge is 0.137 e. The van der Waals surface area contributed by atoms with Crippen molar-refractivity contribution in [2.45, 2.75) is 18.8 Å². The maximum Gasteiger partial charge on any atom is 0.137 e. The predicted octanol–water partition coefficient (Wildman–Crippen LogP) is 2.68. The van der Waals surface area contributed by atoms with E-state index >= 15 is 0 Å². The third-order valence-corrected chi connectivity index (χ3v) is 3.40. The Morgan fingerprint density at radius 3 is 3.12 bits per heavy atom. The molecular formula is C12H14ClN3. The van der Waals surface area contributed by atoms with Crippen LogP contribution in [0.15, 0.2) is 18.3 Å². The van der Waals surface area contributed by atoms with Gasteiger partial charge in [0.05, 0.1) is 5.02 Å². The molecule has 16 heavy (non-hydrogen) atoms. The van der Waals surface area contributed by atoms with E-state index < -0.39 is 0 Å². The van der Waals surface area contributed by atoms with E-state index in [0.29, 0.717) is 10.9 Å². The third-order valence-electron chi connectivity index (χ3n) is 3.19. The molecule has 2 aromatic heterocycles. The van der Waals surface area contributed by atoms with Gasteiger partial charge in [0.2, 0.25) is 0 Å². The van der Waals surface area contributed by atoms with Crippen LogP contribution in [0.25, 0.3) is 11.0 Å². The van der Waals surface area contributed by atoms with Crippen LogP contribution in [0.1, 0.15) is 24.5 Å². The number of hydrogen-bond donors (Lipinski definition) is 2. The molecule has 0 spiro atoms. The van der Waals surface area contributed by atoms with Crippen LogP contribution in [-0.4, -0.2) is 23.1 Å². The quantitative estimate of drug-likeness (QED) is 0.798. The van der Waals surface area contributed by atoms with Crippen molar-refractivity contribution in [3.05, 3.63) is 29.0 Å². The summed E-state index contributed by atoms with van der Waals surface area (Å²) in [4.78, 5) is 7.67. The molecule has 3 nitrogen and oxygen atoms in total. The van der Waals surface area contributed by atoms with E-state index in [0.717, 1.165) is 24.1 Å². The summed E-state index contributed by atoms with van der Waals surface area (Å²) in [5.41, 5.74) is 2.21. The number of aromatic nitrogens is 2. The maximum atomic E-state index is 5.92. The summed E-state index contributed by atoms with van der Waals surface area (Å²) in [6.45, 7) is 2.20. The largest absolute Gasteiger partial charge is 0.343 e. The van der Waals surface area contributed by atoms with E-state index in [1.54, 1.807) is 6.20 Å². The number of aromatic amines is 1. The molecule has 1 fully saturated rings. The molecule has 0 aliphatic carbocycles. The lowest BCUT2D eigenvalue weighted by atomic mass is 9.96. The van der Waals surface area contributed by atoms with Crippen LogP contribution in [0.4, 0.5) is 0 Å². The molecule has 4 heteroatoms. The first kappa shape index (κ1) is 10.1. The molecule has 2 N–H and O–H groups in total. The monoisotopic (exact) mass is 235 g/mol. The Labute approximate surface area is 99.2 Å². The number of nitrogens with one attached hydrogen (secondary N) is 2. The molecule has 1 unspecified atom stereocenters. The van der Waals surface area contributed by atoms with Crippen molar-refractivity contribution >= 4 is 22.6 Å². The summed E-state index contributed by atoms with van der Waals surface area (Å²) in [7, 11) is 0. The Kier molecular flexibility index (Phi) is 2.58. The van der Waals surface area contributed by atoms with Crippen molar-refractivity contribution < 1.29 is 0 Å². The second kappa shape index (κ2) is 4.07. The fourth-order valence-corrected chi connectivity index (χ4v) is 2.51. The van der Waals surface area contributed by atoms with Gasteiger partial charge in [-0.05, 0) is 31.5 Å². The van der Waals surface area contributed by atoms with Crippen molar-refractivity contribution in [3.63, 3.8) is 0 Å². The first-order valence-corrected chi connectivity index (χ1v) is 6.05. The lowest BCUT2D eigenvalue weighted by Crippen LogP contribution is -2.28. The Balaban J connectivity index is 1.97. The average molecular weight is 236 g/mol. The van der Waals surface area contributed by atoms with Gasteiger partial charge in [-0.15, -0.1) is 0 Å². The highest BCUT2D eigenvalue weighted by atomic mass is 35.5. The number of halogens is 1. The Morgan fingerprint density at radius 1 is 1.38 bits per heavy atom. The molecule has 1 saturated heterocycles. The minimum atomic E-state index is 0.585. The van der Waals surface area contributed by atoms with Crippen molar-refractivity contribution in [1.29, 1.82) is 0 Å². The molecular weight excluding hydrogens is 222 g/mol. The molecule has 2 aromatic rings. The van der Waals surface area contributed by atoms with E-state index in [1.165, 1.54) is 18.5 Å². The number of H-pyrrole nitrogens is 1. The van der Waals surface area contributed by atoms with Crippen molar-refractivity contribution in [2.75, 3.05) is 13.1 Å². The first-order valence-electron chi connectivity index (χ1n) is 5.68. The topological polar surface area (TPSA) is 40.7 Å². The number of rotatable bonds is 1. The first-order chi connectivity index (χ1) is 7.83. The Morgan fingerprint density at radius 2 is 2.31 bits per heavy atom. The van der Waals surface area contributed by atoms with Gasteiger partial charge < -0.3 is 10.3 Å². The van der Waals surface area contributed by atoms with E-state index in [9.17, 15) is 0 Å². The van der Waals surface area contributed by atoms with Gasteiger partial charge in [-0.25, -0.2) is 4.98 Å². The Bertz CT molecular complexity index is 500. The van der Waals surface area contributed by atoms with Gasteiger partial charge in [0.25, 0.3) is 0 Å². The minimum Gasteiger partial charge on any atom is -0.343 e. The molecule has 0 amide bonds. The maximum absolute atomic E-state index is 5.92. The van der Waals surface area contributed by atoms with Gasteiger partial charge in [-0.2, -0.15) is 0 Å². The van der Waals surface area contributed by atoms with Gasteiger partial charge in [0, 0.05) is 29.7 Å². The molecule has 3 rings (SSSR count). The van der Waals surface area contributed by atoms with Gasteiger partial charge in [0.1, 0.15) is 5.65 Å². The van der Waals surface area contributed by atoms with Crippen molar-refractivity contribution in [2.24, 2.45) is 0 Å². The molecule has 1 aliphatic heterocycles. The summed E-state index contributed by atoms with van der Waals surface area (Å²) in [6, 6.07) is 4.13. The zero-order valence-corrected chi connectivity index (χ0v) is 9.72. The van der Waals surface area contributed by atoms with Crippen LogP contribution >= 0.6 is 11.6 Å². The van der Waals surface area contributed by atoms with Crippen LogP contribution in [0.2, 0.25) is 5.02 Å². The van der Waals surface area contributed by atoms with Gasteiger partial charge in [-0.3, -0.25) is 0 Å². The fraction of sp³-hybridized carbons (Fsp3) is 0.417. The van der Waals surface area contributed by atoms with Crippen molar-refractivity contribution in [1.82, 2.24) is 15.3 Å². The number of nitrogens with zero attached hydrogens (tertiary/aromatic N) is 1. The van der Waals surface area contributed by atoms with E-state index in [-0.39, 0.29) is 0 Å². The van der Waals surface area contributed by atoms with Gasteiger partial charge >= 0.3 is 0 Å². The number of fused-ring (bicyclic) bond motifs is 1. The summed E-state index contributed by atoms with van der Waals surface area (Å²) in [5.74, 6) is 0.585. The fourth-order valence-electron chi connectivity index (χ4n) is 2.35. The molecule has 1 atom stereocenters. The lowest BCUT2D eigenvalue weighted by Gasteiger charge is -2.21. The lowest BCUT2D eigenvalue weighted by molar-refractivity contribution is 0.456. The number of pyridine rings is 1. The van der Waals surface area contributed by atoms with Crippen LogP contribution in [0.5, 0.6) is 0 Å². The average Bonchev–Trinajstić information content (AvgIpc) is 2.73. The van der Waals surface area contributed by atoms with E-state index in [2.05, 4.69) is 21.4 Å². The summed E-state index contributed by atoms with van der Waals surface area (Å²) in [5, 5.41) is 5.22. The summed E-state index contributed by atoms with van der Waals surface area (Å²) < 4.78 is 0. The predicted molar refractivity (Wildman–Crippen MR) is 65.9 cm³/mol. The normalized spacial score (nSPS) is 21.4. The molecule has 0 radical (unpaired) electrons. The second-order valence-electron chi connectivity index (χ2n) is 4.36. The highest BCUT2D eigenvalue weighted by Gasteiger charge is 2.17. The standard InChI is InChI=1S/C12H14ClN3/c13-10-4-9-5-11(16-12(9)15-7-10)8-2-1-3-14-6-8/h4-5,7-8,14H,1-3,6H2,(H,15,16). The van der Waals surface area contributed by atoms with Crippen LogP contribution < -0.4 is 5.32 Å². The summed E-state index contributed by atoms with van der Waals surface area (Å²) in [6.07, 6.45) is 4.17. The second-order valence-corrected chi connectivity index (χ2v) is 4.80. The zero-order chi connectivity index (χ0) is 11.0. The molecule has 1 aliphatic rings. The molecule has 84 valence electrons. The highest BCUT2D eigenvalue weighted by Crippen LogP contribution is 2.26. The van der Waals surface area contributed by atoms with Gasteiger partial charge in [-0.1, -0.05) is 11.6 Å². The van der Waals surface area contributed by atoms with Crippen molar-refractivity contribution in [3.8, 4) is 0 Å². The minimum absolute atomic E-state index is 0.585. The number of piperidine rings is 1. The van der Waals surface area contributed by atoms with Gasteiger partial charge in [0.15, 0.2) is 0 Å². The molecule has 0 saturated carbocycles. The number of hydrogen-bond acceptors (Lipinski definition) is 2. The molecule has 3 heterocycles.